The summed E-state index contributed by atoms with van der Waals surface area (Å²) < 4.78 is 1.47. The Kier molecular flexibility index (Phi) is 3.44. The topological polar surface area (TPSA) is 54.9 Å². The van der Waals surface area contributed by atoms with Gasteiger partial charge < -0.3 is 4.57 Å². The smallest absolute Gasteiger partial charge is 0.300 e. The molecule has 1 aromatic heterocycles. The van der Waals surface area contributed by atoms with Gasteiger partial charge in [-0.3, -0.25) is 9.78 Å². The van der Waals surface area contributed by atoms with Gasteiger partial charge in [0.15, 0.2) is 0 Å². The summed E-state index contributed by atoms with van der Waals surface area (Å²) in [6.07, 6.45) is 2.21. The molecule has 0 aliphatic heterocycles. The number of nitrogens with one attached hydrogen (secondary N) is 1. The Balaban J connectivity index is 2.10. The molecule has 0 saturated carbocycles. The van der Waals surface area contributed by atoms with Gasteiger partial charge in [-0.05, 0) is 24.1 Å². The maximum Gasteiger partial charge on any atom is 0.328 e. The van der Waals surface area contributed by atoms with Crippen LogP contribution in [-0.4, -0.2) is 9.55 Å². The molecule has 0 bridgehead atoms. The molecule has 0 fully saturated rings. The predicted octanol–water partition coefficient (Wildman–Crippen LogP) is 1.43. The summed E-state index contributed by atoms with van der Waals surface area (Å²) in [5.74, 6) is 0. The second kappa shape index (κ2) is 5.01. The van der Waals surface area contributed by atoms with Crippen LogP contribution in [0.5, 0.6) is 0 Å². The molecule has 4 nitrogen and oxygen atoms in total. The maximum atomic E-state index is 11.4. The zero-order valence-electron chi connectivity index (χ0n) is 9.02. The molecule has 1 aromatic carbocycles. The summed E-state index contributed by atoms with van der Waals surface area (Å²) in [6, 6.07) is 8.79. The van der Waals surface area contributed by atoms with Crippen LogP contribution in [0.1, 0.15) is 5.56 Å². The zero-order chi connectivity index (χ0) is 12.3. The molecular weight excluding hydrogens is 240 g/mol. The molecule has 1 heterocycles. The van der Waals surface area contributed by atoms with Crippen LogP contribution < -0.4 is 11.2 Å². The SMILES string of the molecule is O=c1ccn(CCc2ccc(Cl)cc2)c(=O)[nH]1. The monoisotopic (exact) mass is 250 g/mol. The van der Waals surface area contributed by atoms with Crippen molar-refractivity contribution in [2.24, 2.45) is 0 Å². The number of nitrogens with zero attached hydrogens (tertiary/aromatic N) is 1. The number of hydrogen-bond acceptors (Lipinski definition) is 2. The molecule has 0 radical (unpaired) electrons. The van der Waals surface area contributed by atoms with Crippen LogP contribution in [-0.2, 0) is 13.0 Å². The third-order valence-electron chi connectivity index (χ3n) is 2.45. The first-order valence-corrected chi connectivity index (χ1v) is 5.57. The molecular formula is C12H11ClN2O2. The minimum Gasteiger partial charge on any atom is -0.300 e. The molecule has 0 unspecified atom stereocenters. The Morgan fingerprint density at radius 2 is 1.82 bits per heavy atom. The Labute approximate surface area is 102 Å². The standard InChI is InChI=1S/C12H11ClN2O2/c13-10-3-1-9(2-4-10)5-7-15-8-6-11(16)14-12(15)17/h1-4,6,8H,5,7H2,(H,14,16,17). The minimum atomic E-state index is -0.383. The van der Waals surface area contributed by atoms with E-state index in [0.717, 1.165) is 5.56 Å². The quantitative estimate of drug-likeness (QED) is 0.896. The fourth-order valence-electron chi connectivity index (χ4n) is 1.52. The van der Waals surface area contributed by atoms with Gasteiger partial charge in [-0.1, -0.05) is 23.7 Å². The van der Waals surface area contributed by atoms with E-state index in [4.69, 9.17) is 11.6 Å². The van der Waals surface area contributed by atoms with Gasteiger partial charge in [-0.25, -0.2) is 4.79 Å². The lowest BCUT2D eigenvalue weighted by molar-refractivity contribution is 0.645. The Hall–Kier alpha value is -1.81. The summed E-state index contributed by atoms with van der Waals surface area (Å²) in [5.41, 5.74) is 0.330. The largest absolute Gasteiger partial charge is 0.328 e. The second-order valence-electron chi connectivity index (χ2n) is 3.68. The number of aryl methyl sites for hydroxylation is 2. The molecule has 0 saturated heterocycles. The van der Waals surface area contributed by atoms with Crippen molar-refractivity contribution in [3.8, 4) is 0 Å². The van der Waals surface area contributed by atoms with Gasteiger partial charge in [-0.15, -0.1) is 0 Å². The van der Waals surface area contributed by atoms with Crippen molar-refractivity contribution in [1.82, 2.24) is 9.55 Å². The summed E-state index contributed by atoms with van der Waals surface area (Å²) in [7, 11) is 0. The molecule has 5 heteroatoms. The molecule has 88 valence electrons. The Morgan fingerprint density at radius 1 is 1.12 bits per heavy atom. The Bertz CT molecular complexity index is 613. The van der Waals surface area contributed by atoms with E-state index in [2.05, 4.69) is 4.98 Å². The van der Waals surface area contributed by atoms with Crippen molar-refractivity contribution in [3.63, 3.8) is 0 Å². The lowest BCUT2D eigenvalue weighted by atomic mass is 10.1. The fraction of sp³-hybridized carbons (Fsp3) is 0.167. The molecule has 2 rings (SSSR count). The molecule has 0 aliphatic carbocycles. The van der Waals surface area contributed by atoms with Crippen LogP contribution in [0.25, 0.3) is 0 Å². The highest BCUT2D eigenvalue weighted by atomic mass is 35.5. The lowest BCUT2D eigenvalue weighted by Crippen LogP contribution is -2.29. The van der Waals surface area contributed by atoms with Crippen molar-refractivity contribution in [2.45, 2.75) is 13.0 Å². The maximum absolute atomic E-state index is 11.4. The summed E-state index contributed by atoms with van der Waals surface area (Å²) in [4.78, 5) is 24.5. The van der Waals surface area contributed by atoms with Gasteiger partial charge in [0.2, 0.25) is 0 Å². The second-order valence-corrected chi connectivity index (χ2v) is 4.12. The van der Waals surface area contributed by atoms with Crippen molar-refractivity contribution in [1.29, 1.82) is 0 Å². The molecule has 0 amide bonds. The summed E-state index contributed by atoms with van der Waals surface area (Å²) in [5, 5.41) is 0.690. The highest BCUT2D eigenvalue weighted by molar-refractivity contribution is 6.30. The molecule has 0 aliphatic rings. The van der Waals surface area contributed by atoms with Crippen molar-refractivity contribution >= 4 is 11.6 Å². The molecule has 0 spiro atoms. The fourth-order valence-corrected chi connectivity index (χ4v) is 1.65. The van der Waals surface area contributed by atoms with E-state index in [1.807, 2.05) is 24.3 Å². The number of rotatable bonds is 3. The summed E-state index contributed by atoms with van der Waals surface area (Å²) in [6.45, 7) is 0.525. The molecule has 2 aromatic rings. The number of aromatic nitrogens is 2. The van der Waals surface area contributed by atoms with E-state index in [1.165, 1.54) is 16.8 Å². The van der Waals surface area contributed by atoms with E-state index in [1.54, 1.807) is 0 Å². The third kappa shape index (κ3) is 3.07. The first-order valence-electron chi connectivity index (χ1n) is 5.19. The van der Waals surface area contributed by atoms with Crippen molar-refractivity contribution in [2.75, 3.05) is 0 Å². The van der Waals surface area contributed by atoms with Crippen LogP contribution >= 0.6 is 11.6 Å². The highest BCUT2D eigenvalue weighted by Crippen LogP contribution is 2.10. The van der Waals surface area contributed by atoms with Crippen LogP contribution in [0.15, 0.2) is 46.1 Å². The van der Waals surface area contributed by atoms with Gasteiger partial charge in [0.25, 0.3) is 5.56 Å². The van der Waals surface area contributed by atoms with Gasteiger partial charge in [0, 0.05) is 23.8 Å². The van der Waals surface area contributed by atoms with Gasteiger partial charge in [0.05, 0.1) is 0 Å². The van der Waals surface area contributed by atoms with E-state index in [0.29, 0.717) is 18.0 Å². The first kappa shape index (κ1) is 11.7. The van der Waals surface area contributed by atoms with E-state index < -0.39 is 0 Å². The van der Waals surface area contributed by atoms with Gasteiger partial charge in [0.1, 0.15) is 0 Å². The molecule has 1 N–H and O–H groups in total. The average Bonchev–Trinajstić information content (AvgIpc) is 2.30. The van der Waals surface area contributed by atoms with E-state index in [-0.39, 0.29) is 11.2 Å². The van der Waals surface area contributed by atoms with E-state index >= 15 is 0 Å². The third-order valence-corrected chi connectivity index (χ3v) is 2.70. The van der Waals surface area contributed by atoms with Crippen molar-refractivity contribution < 1.29 is 0 Å². The lowest BCUT2D eigenvalue weighted by Gasteiger charge is -2.04. The van der Waals surface area contributed by atoms with Crippen LogP contribution in [0.2, 0.25) is 5.02 Å². The van der Waals surface area contributed by atoms with Crippen LogP contribution in [0.4, 0.5) is 0 Å². The minimum absolute atomic E-state index is 0.377. The van der Waals surface area contributed by atoms with Crippen molar-refractivity contribution in [3.05, 3.63) is 68.0 Å². The van der Waals surface area contributed by atoms with Crippen LogP contribution in [0.3, 0.4) is 0 Å². The molecule has 17 heavy (non-hydrogen) atoms. The van der Waals surface area contributed by atoms with E-state index in [9.17, 15) is 9.59 Å². The number of benzene rings is 1. The normalized spacial score (nSPS) is 10.4. The zero-order valence-corrected chi connectivity index (χ0v) is 9.78. The van der Waals surface area contributed by atoms with Gasteiger partial charge >= 0.3 is 5.69 Å². The highest BCUT2D eigenvalue weighted by Gasteiger charge is 1.98. The van der Waals surface area contributed by atoms with Gasteiger partial charge in [-0.2, -0.15) is 0 Å². The number of aromatic amines is 1. The number of hydrogen-bond donors (Lipinski definition) is 1. The number of halogens is 1. The Morgan fingerprint density at radius 3 is 2.47 bits per heavy atom. The summed E-state index contributed by atoms with van der Waals surface area (Å²) >= 11 is 5.78. The number of H-pyrrole nitrogens is 1. The molecule has 0 atom stereocenters. The predicted molar refractivity (Wildman–Crippen MR) is 66.5 cm³/mol. The average molecular weight is 251 g/mol. The first-order chi connectivity index (χ1) is 8.15. The van der Waals surface area contributed by atoms with Crippen LogP contribution in [0, 0.1) is 0 Å².